The van der Waals surface area contributed by atoms with E-state index in [0.717, 1.165) is 57.8 Å². The van der Waals surface area contributed by atoms with Gasteiger partial charge in [-0.3, -0.25) is 43.3 Å². The van der Waals surface area contributed by atoms with Gasteiger partial charge in [0.15, 0.2) is 17.5 Å². The van der Waals surface area contributed by atoms with E-state index in [9.17, 15) is 38.4 Å². The number of hydrogen-bond donors (Lipinski definition) is 13. The van der Waals surface area contributed by atoms with E-state index in [4.69, 9.17) is 64.8 Å². The first kappa shape index (κ1) is 80.4. The number of guanidine groups is 1. The van der Waals surface area contributed by atoms with Crippen molar-refractivity contribution in [3.05, 3.63) is 95.1 Å². The van der Waals surface area contributed by atoms with Crippen LogP contribution in [0.25, 0.3) is 0 Å². The number of aliphatic imine (C=N–C) groups is 1. The van der Waals surface area contributed by atoms with Gasteiger partial charge in [0.1, 0.15) is 29.0 Å². The van der Waals surface area contributed by atoms with Crippen LogP contribution in [0.1, 0.15) is 180 Å². The van der Waals surface area contributed by atoms with Gasteiger partial charge in [-0.15, -0.1) is 0 Å². The summed E-state index contributed by atoms with van der Waals surface area (Å²) in [4.78, 5) is 103. The number of Topliss-reactive ketones (excluding diaryl/α,β-unsaturated/α-hetero) is 2. The van der Waals surface area contributed by atoms with Crippen molar-refractivity contribution in [3.63, 3.8) is 0 Å². The first-order chi connectivity index (χ1) is 44.2. The zero-order valence-corrected chi connectivity index (χ0v) is 55.8. The molecule has 0 unspecified atom stereocenters. The second-order valence-corrected chi connectivity index (χ2v) is 23.1. The summed E-state index contributed by atoms with van der Waals surface area (Å²) in [6, 6.07) is 16.3. The van der Waals surface area contributed by atoms with Crippen LogP contribution in [0.5, 0.6) is 23.0 Å². The fourth-order valence-corrected chi connectivity index (χ4v) is 9.05. The quantitative estimate of drug-likeness (QED) is 0.00939. The molecule has 93 heavy (non-hydrogen) atoms. The molecule has 26 heteroatoms. The van der Waals surface area contributed by atoms with Crippen LogP contribution in [-0.2, 0) is 19.2 Å². The normalized spacial score (nSPS) is 12.0. The molecule has 0 saturated carbocycles. The van der Waals surface area contributed by atoms with Crippen LogP contribution in [0, 0.1) is 11.8 Å². The molecule has 21 N–H and O–H groups in total. The van der Waals surface area contributed by atoms with E-state index in [-0.39, 0.29) is 58.2 Å². The fourth-order valence-electron chi connectivity index (χ4n) is 9.05. The molecule has 0 fully saturated rings. The van der Waals surface area contributed by atoms with Crippen LogP contribution < -0.4 is 91.4 Å². The number of ketones is 2. The number of unbranched alkanes of at least 4 members (excludes halogenated alkanes) is 6. The van der Waals surface area contributed by atoms with Crippen LogP contribution in [-0.4, -0.2) is 124 Å². The lowest BCUT2D eigenvalue weighted by molar-refractivity contribution is -0.118. The first-order valence-corrected chi connectivity index (χ1v) is 31.7. The highest BCUT2D eigenvalue weighted by molar-refractivity contribution is 6.05. The topological polar surface area (TPSA) is 454 Å². The average Bonchev–Trinajstić information content (AvgIpc) is 0.913. The van der Waals surface area contributed by atoms with E-state index in [1.54, 1.807) is 60.7 Å². The molecular weight excluding hydrogens is 1190 g/mol. The van der Waals surface area contributed by atoms with Crippen LogP contribution in [0.15, 0.2) is 77.8 Å². The molecule has 0 radical (unpaired) electrons. The number of nitrogens with one attached hydrogen (secondary N) is 5. The summed E-state index contributed by atoms with van der Waals surface area (Å²) in [5.74, 6) is -1.07. The van der Waals surface area contributed by atoms with Crippen molar-refractivity contribution in [2.45, 2.75) is 163 Å². The number of carbonyl (C=O) groups is 8. The van der Waals surface area contributed by atoms with Crippen molar-refractivity contribution in [1.29, 1.82) is 0 Å². The fraction of sp³-hybridized carbons (Fsp3) is 0.507. The Hall–Kier alpha value is -8.69. The van der Waals surface area contributed by atoms with E-state index < -0.39 is 41.9 Å². The highest BCUT2D eigenvalue weighted by atomic mass is 16.5. The molecule has 4 aromatic rings. The van der Waals surface area contributed by atoms with Crippen LogP contribution in [0.4, 0.5) is 22.7 Å². The maximum atomic E-state index is 13.8. The monoisotopic (exact) mass is 1300 g/mol. The zero-order chi connectivity index (χ0) is 69.6. The Balaban J connectivity index is 0.000000550. The lowest BCUT2D eigenvalue weighted by atomic mass is 10.0. The van der Waals surface area contributed by atoms with Crippen molar-refractivity contribution >= 4 is 75.7 Å². The number of hydrogen-bond acceptors (Lipinski definition) is 18. The molecule has 0 heterocycles. The van der Waals surface area contributed by atoms with Crippen molar-refractivity contribution in [1.82, 2.24) is 5.32 Å². The largest absolute Gasteiger partial charge is 0.496 e. The molecule has 0 bridgehead atoms. The highest BCUT2D eigenvalue weighted by Crippen LogP contribution is 2.28. The van der Waals surface area contributed by atoms with E-state index >= 15 is 0 Å². The molecule has 26 nitrogen and oxygen atoms in total. The SMILES string of the molecule is CCCCCCOc1ccc(NC(=O)[C@H](CC(C)C)NC(=O)c2cc(NC(=O)[C@H](N)CC(C)C)ccc2OCCCCCN)cc1C(N)=O.COc1ccc(NC(=O)[C@@H](N)CCCCN)cc1C(C)=O.COc1ccc(NC(=O)[C@H](N)CCCN=C(N)N)cc1C(C)=O. The smallest absolute Gasteiger partial charge is 0.255 e. The molecular formula is C67H104N14O12. The Labute approximate surface area is 547 Å². The van der Waals surface area contributed by atoms with Gasteiger partial charge < -0.3 is 91.4 Å². The minimum atomic E-state index is -0.936. The van der Waals surface area contributed by atoms with Crippen molar-refractivity contribution < 1.29 is 57.3 Å². The molecule has 0 saturated heterocycles. The molecule has 0 aliphatic rings. The Morgan fingerprint density at radius 2 is 0.871 bits per heavy atom. The molecule has 0 aliphatic carbocycles. The van der Waals surface area contributed by atoms with Crippen LogP contribution >= 0.6 is 0 Å². The van der Waals surface area contributed by atoms with E-state index in [1.165, 1.54) is 40.2 Å². The minimum Gasteiger partial charge on any atom is -0.496 e. The maximum Gasteiger partial charge on any atom is 0.255 e. The predicted molar refractivity (Wildman–Crippen MR) is 367 cm³/mol. The third-order valence-corrected chi connectivity index (χ3v) is 14.1. The van der Waals surface area contributed by atoms with Gasteiger partial charge in [-0.2, -0.15) is 0 Å². The van der Waals surface area contributed by atoms with Gasteiger partial charge in [0, 0.05) is 29.3 Å². The second-order valence-electron chi connectivity index (χ2n) is 23.1. The lowest BCUT2D eigenvalue weighted by Crippen LogP contribution is -2.44. The van der Waals surface area contributed by atoms with Gasteiger partial charge in [-0.1, -0.05) is 60.3 Å². The Kier molecular flexibility index (Phi) is 38.0. The molecule has 514 valence electrons. The molecule has 4 aromatic carbocycles. The van der Waals surface area contributed by atoms with Gasteiger partial charge in [-0.05, 0) is 176 Å². The summed E-state index contributed by atoms with van der Waals surface area (Å²) in [7, 11) is 2.97. The Morgan fingerprint density at radius 3 is 1.29 bits per heavy atom. The lowest BCUT2D eigenvalue weighted by Gasteiger charge is -2.22. The van der Waals surface area contributed by atoms with Gasteiger partial charge in [-0.25, -0.2) is 0 Å². The molecule has 0 aliphatic heterocycles. The second kappa shape index (κ2) is 44.0. The van der Waals surface area contributed by atoms with Crippen LogP contribution in [0.3, 0.4) is 0 Å². The van der Waals surface area contributed by atoms with Crippen molar-refractivity contribution in [3.8, 4) is 23.0 Å². The van der Waals surface area contributed by atoms with Gasteiger partial charge in [0.25, 0.3) is 11.8 Å². The summed E-state index contributed by atoms with van der Waals surface area (Å²) in [6.45, 7) is 15.3. The van der Waals surface area contributed by atoms with E-state index in [1.807, 2.05) is 27.7 Å². The maximum absolute atomic E-state index is 13.8. The summed E-state index contributed by atoms with van der Waals surface area (Å²) in [5, 5.41) is 13.9. The summed E-state index contributed by atoms with van der Waals surface area (Å²) >= 11 is 0. The number of ether oxygens (including phenoxy) is 4. The summed E-state index contributed by atoms with van der Waals surface area (Å²) in [5.41, 5.74) is 47.6. The number of primary amides is 1. The van der Waals surface area contributed by atoms with E-state index in [2.05, 4.69) is 38.5 Å². The van der Waals surface area contributed by atoms with E-state index in [0.29, 0.717) is 122 Å². The number of nitrogens with zero attached hydrogens (tertiary/aromatic N) is 1. The summed E-state index contributed by atoms with van der Waals surface area (Å²) < 4.78 is 22.0. The average molecular weight is 1300 g/mol. The number of anilines is 4. The number of amides is 6. The Bertz CT molecular complexity index is 3060. The van der Waals surface area contributed by atoms with Crippen molar-refractivity contribution in [2.75, 3.05) is 68.3 Å². The summed E-state index contributed by atoms with van der Waals surface area (Å²) in [6.07, 6.45) is 10.7. The molecule has 4 rings (SSSR count). The molecule has 4 atom stereocenters. The number of rotatable bonds is 39. The number of nitrogens with two attached hydrogens (primary N) is 8. The van der Waals surface area contributed by atoms with Crippen molar-refractivity contribution in [2.24, 2.45) is 62.7 Å². The van der Waals surface area contributed by atoms with Gasteiger partial charge >= 0.3 is 0 Å². The van der Waals surface area contributed by atoms with Gasteiger partial charge in [0.2, 0.25) is 23.6 Å². The standard InChI is InChI=1S/C37H58N6O6.C15H23N5O3.C15H23N3O3/c1-6-7-8-11-18-48-32-15-13-26(22-28(32)34(40)44)42-37(47)31(21-25(4)5)43-35(45)29-23-27(41-36(46)30(39)20-24(2)3)14-16-33(29)49-19-12-9-10-17-38;1-9(21)11-8-10(5-6-13(11)23-2)20-14(22)12(16)4-3-7-19-15(17)18;1-10(19)12-9-11(6-7-14(12)21-2)18-15(20)13(17)5-3-4-8-16/h13-16,22-25,30-31H,6-12,17-21,38-39H2,1-5H3,(H2,40,44)(H,41,46)(H,42,47)(H,43,45);5-6,8,12H,3-4,7,16H2,1-2H3,(H,20,22)(H4,17,18,19);6-7,9,13H,3-5,8,16-17H2,1-2H3,(H,18,20)/t30-,31+;12-;13-/m110/s1. The first-order valence-electron chi connectivity index (χ1n) is 31.7. The zero-order valence-electron chi connectivity index (χ0n) is 55.8. The number of benzene rings is 4. The molecule has 0 aromatic heterocycles. The molecule has 6 amide bonds. The number of methoxy groups -OCH3 is 2. The third-order valence-electron chi connectivity index (χ3n) is 14.1. The third kappa shape index (κ3) is 31.0. The number of carbonyl (C=O) groups excluding carboxylic acids is 8. The highest BCUT2D eigenvalue weighted by Gasteiger charge is 2.27. The van der Waals surface area contributed by atoms with Gasteiger partial charge in [0.05, 0.1) is 67.8 Å². The van der Waals surface area contributed by atoms with Crippen LogP contribution in [0.2, 0.25) is 0 Å². The Morgan fingerprint density at radius 1 is 0.473 bits per heavy atom. The predicted octanol–water partition coefficient (Wildman–Crippen LogP) is 6.86. The minimum absolute atomic E-state index is 0.0121. The molecule has 0 spiro atoms.